The molecule has 0 aliphatic carbocycles. The fourth-order valence-corrected chi connectivity index (χ4v) is 2.16. The highest BCUT2D eigenvalue weighted by Gasteiger charge is 2.23. The minimum atomic E-state index is -0.324. The smallest absolute Gasteiger partial charge is 0.167 e. The van der Waals surface area contributed by atoms with Gasteiger partial charge in [0.15, 0.2) is 5.78 Å². The van der Waals surface area contributed by atoms with Crippen molar-refractivity contribution in [3.63, 3.8) is 0 Å². The molecule has 0 aromatic carbocycles. The van der Waals surface area contributed by atoms with Gasteiger partial charge in [0.05, 0.1) is 12.1 Å². The van der Waals surface area contributed by atoms with Crippen molar-refractivity contribution in [1.82, 2.24) is 9.78 Å². The van der Waals surface area contributed by atoms with E-state index in [0.29, 0.717) is 6.42 Å². The van der Waals surface area contributed by atoms with Crippen molar-refractivity contribution in [3.8, 4) is 0 Å². The van der Waals surface area contributed by atoms with Gasteiger partial charge in [-0.1, -0.05) is 20.8 Å². The third-order valence-electron chi connectivity index (χ3n) is 3.11. The van der Waals surface area contributed by atoms with Crippen LogP contribution in [0.3, 0.4) is 0 Å². The van der Waals surface area contributed by atoms with Gasteiger partial charge in [0.1, 0.15) is 6.10 Å². The summed E-state index contributed by atoms with van der Waals surface area (Å²) in [6.45, 7) is 8.90. The number of aromatic nitrogens is 2. The Labute approximate surface area is 109 Å². The maximum Gasteiger partial charge on any atom is 0.167 e. The first-order valence-electron chi connectivity index (χ1n) is 6.64. The molecular formula is C14H24N2O2. The highest BCUT2D eigenvalue weighted by atomic mass is 16.5. The number of nitrogens with zero attached hydrogens (tertiary/aromatic N) is 2. The Morgan fingerprint density at radius 2 is 2.11 bits per heavy atom. The molecule has 1 aromatic rings. The zero-order valence-corrected chi connectivity index (χ0v) is 12.1. The van der Waals surface area contributed by atoms with Crippen LogP contribution < -0.4 is 0 Å². The molecule has 1 rings (SSSR count). The summed E-state index contributed by atoms with van der Waals surface area (Å²) in [4.78, 5) is 12.2. The van der Waals surface area contributed by atoms with Gasteiger partial charge < -0.3 is 4.74 Å². The number of carbonyl (C=O) groups excluding carboxylic acids is 1. The molecule has 0 fully saturated rings. The van der Waals surface area contributed by atoms with Gasteiger partial charge in [-0.25, -0.2) is 0 Å². The van der Waals surface area contributed by atoms with E-state index in [1.54, 1.807) is 7.11 Å². The molecule has 0 saturated heterocycles. The molecule has 18 heavy (non-hydrogen) atoms. The van der Waals surface area contributed by atoms with Crippen LogP contribution in [0.1, 0.15) is 39.1 Å². The normalized spacial score (nSPS) is 13.0. The Hall–Kier alpha value is -1.16. The van der Waals surface area contributed by atoms with Crippen molar-refractivity contribution in [2.75, 3.05) is 7.11 Å². The van der Waals surface area contributed by atoms with E-state index in [1.807, 2.05) is 31.5 Å². The molecule has 0 aliphatic heterocycles. The van der Waals surface area contributed by atoms with Gasteiger partial charge in [0, 0.05) is 19.3 Å². The van der Waals surface area contributed by atoms with Gasteiger partial charge in [0.25, 0.3) is 0 Å². The van der Waals surface area contributed by atoms with E-state index in [2.05, 4.69) is 12.0 Å². The van der Waals surface area contributed by atoms with Gasteiger partial charge in [-0.15, -0.1) is 0 Å². The Bertz CT molecular complexity index is 396. The second kappa shape index (κ2) is 6.69. The fraction of sp³-hybridized carbons (Fsp3) is 0.714. The van der Waals surface area contributed by atoms with E-state index >= 15 is 0 Å². The van der Waals surface area contributed by atoms with Crippen molar-refractivity contribution >= 4 is 5.78 Å². The summed E-state index contributed by atoms with van der Waals surface area (Å²) in [5, 5.41) is 4.45. The Morgan fingerprint density at radius 1 is 1.44 bits per heavy atom. The van der Waals surface area contributed by atoms with Crippen LogP contribution in [0.5, 0.6) is 0 Å². The minimum Gasteiger partial charge on any atom is -0.373 e. The van der Waals surface area contributed by atoms with Crippen LogP contribution in [0.25, 0.3) is 0 Å². The lowest BCUT2D eigenvalue weighted by atomic mass is 9.99. The highest BCUT2D eigenvalue weighted by molar-refractivity contribution is 5.85. The van der Waals surface area contributed by atoms with E-state index in [4.69, 9.17) is 4.74 Å². The average Bonchev–Trinajstić information content (AvgIpc) is 2.71. The first-order valence-corrected chi connectivity index (χ1v) is 6.64. The fourth-order valence-electron chi connectivity index (χ4n) is 2.16. The number of methoxy groups -OCH3 is 1. The monoisotopic (exact) mass is 252 g/mol. The number of hydrogen-bond acceptors (Lipinski definition) is 3. The summed E-state index contributed by atoms with van der Waals surface area (Å²) in [7, 11) is 1.59. The van der Waals surface area contributed by atoms with Crippen molar-refractivity contribution in [1.29, 1.82) is 0 Å². The van der Waals surface area contributed by atoms with Crippen LogP contribution in [-0.2, 0) is 28.9 Å². The summed E-state index contributed by atoms with van der Waals surface area (Å²) in [6.07, 6.45) is 0.971. The number of hydrogen-bond donors (Lipinski definition) is 0. The van der Waals surface area contributed by atoms with E-state index in [0.717, 1.165) is 24.4 Å². The lowest BCUT2D eigenvalue weighted by molar-refractivity contribution is -0.130. The van der Waals surface area contributed by atoms with Gasteiger partial charge in [-0.3, -0.25) is 9.48 Å². The lowest BCUT2D eigenvalue weighted by Crippen LogP contribution is -2.30. The molecule has 0 bridgehead atoms. The Morgan fingerprint density at radius 3 is 2.56 bits per heavy atom. The van der Waals surface area contributed by atoms with Gasteiger partial charge in [0.2, 0.25) is 0 Å². The predicted molar refractivity (Wildman–Crippen MR) is 71.6 cm³/mol. The largest absolute Gasteiger partial charge is 0.373 e. The number of rotatable bonds is 7. The molecule has 0 spiro atoms. The molecule has 0 N–H and O–H groups in total. The number of aryl methyl sites for hydroxylation is 2. The second-order valence-electron chi connectivity index (χ2n) is 4.84. The maximum atomic E-state index is 12.2. The molecule has 102 valence electrons. The summed E-state index contributed by atoms with van der Waals surface area (Å²) in [5.41, 5.74) is 2.03. The van der Waals surface area contributed by atoms with Crippen molar-refractivity contribution in [2.24, 2.45) is 5.92 Å². The quantitative estimate of drug-likeness (QED) is 0.747. The van der Waals surface area contributed by atoms with Crippen LogP contribution in [-0.4, -0.2) is 28.8 Å². The van der Waals surface area contributed by atoms with Gasteiger partial charge in [-0.2, -0.15) is 5.10 Å². The van der Waals surface area contributed by atoms with E-state index in [-0.39, 0.29) is 17.8 Å². The molecule has 0 saturated carbocycles. The maximum absolute atomic E-state index is 12.2. The molecule has 1 atom stereocenters. The molecule has 1 aromatic heterocycles. The van der Waals surface area contributed by atoms with Crippen molar-refractivity contribution < 1.29 is 9.53 Å². The number of ether oxygens (including phenoxy) is 1. The highest BCUT2D eigenvalue weighted by Crippen LogP contribution is 2.12. The standard InChI is InChI=1S/C14H24N2O2/c1-6-11-8-12(16(7-2)15-11)9-13(17)14(18-5)10(3)4/h8,10,14H,6-7,9H2,1-5H3. The number of Topliss-reactive ketones (excluding diaryl/α,β-unsaturated/α-hetero) is 1. The molecule has 4 heteroatoms. The predicted octanol–water partition coefficient (Wildman–Crippen LogP) is 2.25. The van der Waals surface area contributed by atoms with Crippen LogP contribution in [0.4, 0.5) is 0 Å². The molecule has 0 amide bonds. The Balaban J connectivity index is 2.83. The van der Waals surface area contributed by atoms with Gasteiger partial charge in [-0.05, 0) is 25.3 Å². The molecular weight excluding hydrogens is 228 g/mol. The van der Waals surface area contributed by atoms with Crippen molar-refractivity contribution in [3.05, 3.63) is 17.5 Å². The second-order valence-corrected chi connectivity index (χ2v) is 4.84. The number of carbonyl (C=O) groups is 1. The third-order valence-corrected chi connectivity index (χ3v) is 3.11. The summed E-state index contributed by atoms with van der Waals surface area (Å²) in [5.74, 6) is 0.330. The van der Waals surface area contributed by atoms with Crippen molar-refractivity contribution in [2.45, 2.75) is 53.2 Å². The molecule has 0 aliphatic rings. The SMILES string of the molecule is CCc1cc(CC(=O)C(OC)C(C)C)n(CC)n1. The average molecular weight is 252 g/mol. The van der Waals surface area contributed by atoms with Crippen LogP contribution in [0, 0.1) is 5.92 Å². The zero-order valence-electron chi connectivity index (χ0n) is 12.1. The first-order chi connectivity index (χ1) is 8.53. The first kappa shape index (κ1) is 14.9. The van der Waals surface area contributed by atoms with E-state index in [1.165, 1.54) is 0 Å². The Kier molecular flexibility index (Phi) is 5.54. The third kappa shape index (κ3) is 3.42. The summed E-state index contributed by atoms with van der Waals surface area (Å²) >= 11 is 0. The topological polar surface area (TPSA) is 44.1 Å². The minimum absolute atomic E-state index is 0.129. The summed E-state index contributed by atoms with van der Waals surface area (Å²) < 4.78 is 7.18. The van der Waals surface area contributed by atoms with Gasteiger partial charge >= 0.3 is 0 Å². The summed E-state index contributed by atoms with van der Waals surface area (Å²) in [6, 6.07) is 2.02. The number of ketones is 1. The van der Waals surface area contributed by atoms with E-state index < -0.39 is 0 Å². The molecule has 0 radical (unpaired) electrons. The zero-order chi connectivity index (χ0) is 13.7. The van der Waals surface area contributed by atoms with Crippen LogP contribution in [0.15, 0.2) is 6.07 Å². The lowest BCUT2D eigenvalue weighted by Gasteiger charge is -2.17. The van der Waals surface area contributed by atoms with Crippen LogP contribution in [0.2, 0.25) is 0 Å². The molecule has 1 heterocycles. The van der Waals surface area contributed by atoms with Crippen LogP contribution >= 0.6 is 0 Å². The van der Waals surface area contributed by atoms with E-state index in [9.17, 15) is 4.79 Å². The molecule has 1 unspecified atom stereocenters. The molecule has 4 nitrogen and oxygen atoms in total.